The van der Waals surface area contributed by atoms with E-state index in [0.29, 0.717) is 12.6 Å². The molecule has 5 heteroatoms. The van der Waals surface area contributed by atoms with Crippen LogP contribution in [0, 0.1) is 0 Å². The summed E-state index contributed by atoms with van der Waals surface area (Å²) >= 11 is 0. The third kappa shape index (κ3) is 2.31. The lowest BCUT2D eigenvalue weighted by molar-refractivity contribution is 0.0921. The van der Waals surface area contributed by atoms with Crippen LogP contribution < -0.4 is 10.6 Å². The quantitative estimate of drug-likeness (QED) is 0.809. The monoisotopic (exact) mass is 222 g/mol. The van der Waals surface area contributed by atoms with Crippen molar-refractivity contribution < 1.29 is 4.74 Å². The molecule has 0 aliphatic carbocycles. The van der Waals surface area contributed by atoms with Crippen molar-refractivity contribution in [3.8, 4) is 0 Å². The molecule has 0 aromatic carbocycles. The van der Waals surface area contributed by atoms with E-state index in [2.05, 4.69) is 21.8 Å². The van der Waals surface area contributed by atoms with Gasteiger partial charge in [-0.15, -0.1) is 0 Å². The SMILES string of the molecule is CCC1COCCN1c1nccc(CN)n1. The third-order valence-electron chi connectivity index (χ3n) is 2.87. The molecule has 2 heterocycles. The van der Waals surface area contributed by atoms with Crippen molar-refractivity contribution in [2.24, 2.45) is 5.73 Å². The normalized spacial score (nSPS) is 21.1. The first-order valence-electron chi connectivity index (χ1n) is 5.71. The molecule has 1 aliphatic heterocycles. The molecule has 0 bridgehead atoms. The van der Waals surface area contributed by atoms with Gasteiger partial charge in [0.25, 0.3) is 0 Å². The fourth-order valence-corrected chi connectivity index (χ4v) is 1.89. The summed E-state index contributed by atoms with van der Waals surface area (Å²) in [6.07, 6.45) is 2.81. The van der Waals surface area contributed by atoms with Crippen molar-refractivity contribution in [1.29, 1.82) is 0 Å². The number of ether oxygens (including phenoxy) is 1. The summed E-state index contributed by atoms with van der Waals surface area (Å²) in [5.74, 6) is 0.776. The van der Waals surface area contributed by atoms with Gasteiger partial charge < -0.3 is 15.4 Å². The zero-order chi connectivity index (χ0) is 11.4. The van der Waals surface area contributed by atoms with Crippen LogP contribution in [0.4, 0.5) is 5.95 Å². The Morgan fingerprint density at radius 2 is 2.50 bits per heavy atom. The second kappa shape index (κ2) is 5.23. The second-order valence-corrected chi connectivity index (χ2v) is 3.88. The summed E-state index contributed by atoms with van der Waals surface area (Å²) in [5.41, 5.74) is 6.46. The highest BCUT2D eigenvalue weighted by molar-refractivity contribution is 5.32. The summed E-state index contributed by atoms with van der Waals surface area (Å²) in [4.78, 5) is 11.0. The number of rotatable bonds is 3. The molecular weight excluding hydrogens is 204 g/mol. The van der Waals surface area contributed by atoms with E-state index in [1.807, 2.05) is 6.07 Å². The molecule has 5 nitrogen and oxygen atoms in total. The van der Waals surface area contributed by atoms with Crippen molar-refractivity contribution in [2.75, 3.05) is 24.7 Å². The van der Waals surface area contributed by atoms with E-state index in [1.165, 1.54) is 0 Å². The van der Waals surface area contributed by atoms with Gasteiger partial charge in [-0.05, 0) is 12.5 Å². The van der Waals surface area contributed by atoms with Gasteiger partial charge in [-0.3, -0.25) is 0 Å². The van der Waals surface area contributed by atoms with Gasteiger partial charge >= 0.3 is 0 Å². The Kier molecular flexibility index (Phi) is 3.69. The number of aromatic nitrogens is 2. The molecule has 1 unspecified atom stereocenters. The summed E-state index contributed by atoms with van der Waals surface area (Å²) in [6.45, 7) is 4.96. The van der Waals surface area contributed by atoms with E-state index in [-0.39, 0.29) is 0 Å². The van der Waals surface area contributed by atoms with Crippen molar-refractivity contribution in [2.45, 2.75) is 25.9 Å². The van der Waals surface area contributed by atoms with Crippen molar-refractivity contribution in [1.82, 2.24) is 9.97 Å². The summed E-state index contributed by atoms with van der Waals surface area (Å²) in [6, 6.07) is 2.23. The van der Waals surface area contributed by atoms with Gasteiger partial charge in [-0.1, -0.05) is 6.92 Å². The van der Waals surface area contributed by atoms with Crippen LogP contribution in [0.5, 0.6) is 0 Å². The minimum atomic E-state index is 0.377. The van der Waals surface area contributed by atoms with E-state index in [4.69, 9.17) is 10.5 Å². The van der Waals surface area contributed by atoms with Crippen LogP contribution in [-0.2, 0) is 11.3 Å². The molecule has 1 atom stereocenters. The predicted molar refractivity (Wildman–Crippen MR) is 62.2 cm³/mol. The van der Waals surface area contributed by atoms with E-state index in [0.717, 1.165) is 37.8 Å². The maximum atomic E-state index is 5.58. The molecular formula is C11H18N4O. The van der Waals surface area contributed by atoms with E-state index >= 15 is 0 Å². The van der Waals surface area contributed by atoms with Gasteiger partial charge in [0.2, 0.25) is 5.95 Å². The lowest BCUT2D eigenvalue weighted by Crippen LogP contribution is -2.46. The molecule has 0 saturated carbocycles. The smallest absolute Gasteiger partial charge is 0.225 e. The largest absolute Gasteiger partial charge is 0.377 e. The first-order valence-corrected chi connectivity index (χ1v) is 5.71. The van der Waals surface area contributed by atoms with Gasteiger partial charge in [-0.2, -0.15) is 0 Å². The average Bonchev–Trinajstić information content (AvgIpc) is 2.38. The molecule has 1 saturated heterocycles. The van der Waals surface area contributed by atoms with Gasteiger partial charge in [-0.25, -0.2) is 9.97 Å². The zero-order valence-electron chi connectivity index (χ0n) is 9.59. The fraction of sp³-hybridized carbons (Fsp3) is 0.636. The van der Waals surface area contributed by atoms with Crippen molar-refractivity contribution in [3.05, 3.63) is 18.0 Å². The number of nitrogens with two attached hydrogens (primary N) is 1. The van der Waals surface area contributed by atoms with Crippen LogP contribution in [0.3, 0.4) is 0 Å². The number of hydrogen-bond donors (Lipinski definition) is 1. The van der Waals surface area contributed by atoms with Crippen LogP contribution in [0.25, 0.3) is 0 Å². The summed E-state index contributed by atoms with van der Waals surface area (Å²) in [7, 11) is 0. The highest BCUT2D eigenvalue weighted by Gasteiger charge is 2.23. The maximum absolute atomic E-state index is 5.58. The first-order chi connectivity index (χ1) is 7.85. The Labute approximate surface area is 95.6 Å². The number of nitrogens with zero attached hydrogens (tertiary/aromatic N) is 3. The first kappa shape index (κ1) is 11.3. The maximum Gasteiger partial charge on any atom is 0.225 e. The fourth-order valence-electron chi connectivity index (χ4n) is 1.89. The molecule has 1 aliphatic rings. The lowest BCUT2D eigenvalue weighted by Gasteiger charge is -2.35. The zero-order valence-corrected chi connectivity index (χ0v) is 9.59. The number of hydrogen-bond acceptors (Lipinski definition) is 5. The molecule has 0 spiro atoms. The number of morpholine rings is 1. The Bertz CT molecular complexity index is 345. The Balaban J connectivity index is 2.20. The molecule has 0 amide bonds. The Hall–Kier alpha value is -1.20. The average molecular weight is 222 g/mol. The minimum absolute atomic E-state index is 0.377. The highest BCUT2D eigenvalue weighted by atomic mass is 16.5. The van der Waals surface area contributed by atoms with Gasteiger partial charge in [0.05, 0.1) is 24.9 Å². The molecule has 0 radical (unpaired) electrons. The highest BCUT2D eigenvalue weighted by Crippen LogP contribution is 2.16. The predicted octanol–water partition coefficient (Wildman–Crippen LogP) is 0.551. The molecule has 1 fully saturated rings. The molecule has 16 heavy (non-hydrogen) atoms. The Morgan fingerprint density at radius 1 is 1.62 bits per heavy atom. The molecule has 2 N–H and O–H groups in total. The van der Waals surface area contributed by atoms with Crippen LogP contribution >= 0.6 is 0 Å². The molecule has 88 valence electrons. The van der Waals surface area contributed by atoms with Crippen LogP contribution in [0.15, 0.2) is 12.3 Å². The summed E-state index contributed by atoms with van der Waals surface area (Å²) in [5, 5.41) is 0. The second-order valence-electron chi connectivity index (χ2n) is 3.88. The molecule has 2 rings (SSSR count). The van der Waals surface area contributed by atoms with Crippen molar-refractivity contribution in [3.63, 3.8) is 0 Å². The van der Waals surface area contributed by atoms with Gasteiger partial charge in [0.15, 0.2) is 0 Å². The summed E-state index contributed by atoms with van der Waals surface area (Å²) < 4.78 is 5.46. The third-order valence-corrected chi connectivity index (χ3v) is 2.87. The van der Waals surface area contributed by atoms with E-state index < -0.39 is 0 Å². The molecule has 1 aromatic rings. The van der Waals surface area contributed by atoms with Gasteiger partial charge in [0, 0.05) is 19.3 Å². The van der Waals surface area contributed by atoms with Gasteiger partial charge in [0.1, 0.15) is 0 Å². The topological polar surface area (TPSA) is 64.3 Å². The number of anilines is 1. The van der Waals surface area contributed by atoms with Crippen LogP contribution in [0.1, 0.15) is 19.0 Å². The standard InChI is InChI=1S/C11H18N4O/c1-2-10-8-16-6-5-15(10)11-13-4-3-9(7-12)14-11/h3-4,10H,2,5-8,12H2,1H3. The lowest BCUT2D eigenvalue weighted by atomic mass is 10.2. The van der Waals surface area contributed by atoms with E-state index in [1.54, 1.807) is 6.20 Å². The Morgan fingerprint density at radius 3 is 3.25 bits per heavy atom. The van der Waals surface area contributed by atoms with Crippen LogP contribution in [-0.4, -0.2) is 35.8 Å². The van der Waals surface area contributed by atoms with E-state index in [9.17, 15) is 0 Å². The minimum Gasteiger partial charge on any atom is -0.377 e. The van der Waals surface area contributed by atoms with Crippen molar-refractivity contribution >= 4 is 5.95 Å². The molecule has 1 aromatic heterocycles. The van der Waals surface area contributed by atoms with Crippen LogP contribution in [0.2, 0.25) is 0 Å².